The lowest BCUT2D eigenvalue weighted by Crippen LogP contribution is -2.07. The Morgan fingerprint density at radius 2 is 1.83 bits per heavy atom. The largest absolute Gasteiger partial charge is 0.463 e. The van der Waals surface area contributed by atoms with Gasteiger partial charge in [-0.3, -0.25) is 14.8 Å². The van der Waals surface area contributed by atoms with E-state index in [1.54, 1.807) is 42.8 Å². The van der Waals surface area contributed by atoms with Gasteiger partial charge in [0.2, 0.25) is 5.76 Å². The molecule has 10 heteroatoms. The zero-order valence-corrected chi connectivity index (χ0v) is 16.6. The minimum absolute atomic E-state index is 0.00322. The Morgan fingerprint density at radius 3 is 2.43 bits per heavy atom. The van der Waals surface area contributed by atoms with Crippen molar-refractivity contribution in [3.8, 4) is 0 Å². The minimum Gasteiger partial charge on any atom is -0.463 e. The van der Waals surface area contributed by atoms with E-state index in [4.69, 9.17) is 9.15 Å². The van der Waals surface area contributed by atoms with Crippen LogP contribution in [-0.4, -0.2) is 33.8 Å². The monoisotopic (exact) mass is 413 g/mol. The van der Waals surface area contributed by atoms with Gasteiger partial charge in [-0.15, -0.1) is 0 Å². The normalized spacial score (nSPS) is 10.6. The molecule has 30 heavy (non-hydrogen) atoms. The van der Waals surface area contributed by atoms with Crippen molar-refractivity contribution >= 4 is 17.6 Å². The van der Waals surface area contributed by atoms with E-state index >= 15 is 0 Å². The summed E-state index contributed by atoms with van der Waals surface area (Å²) in [6, 6.07) is 9.60. The minimum atomic E-state index is -0.615. The van der Waals surface area contributed by atoms with Gasteiger partial charge in [-0.05, 0) is 43.7 Å². The maximum atomic E-state index is 12.2. The third kappa shape index (κ3) is 4.37. The molecule has 0 aliphatic rings. The van der Waals surface area contributed by atoms with Crippen molar-refractivity contribution in [1.82, 2.24) is 9.78 Å². The summed E-state index contributed by atoms with van der Waals surface area (Å²) in [5.74, 6) is -0.834. The number of nitrogens with zero attached hydrogens (tertiary/aromatic N) is 3. The molecule has 0 radical (unpaired) electrons. The molecule has 0 saturated carbocycles. The number of rotatable bonds is 7. The Balaban J connectivity index is 1.62. The molecule has 2 heterocycles. The molecule has 0 atom stereocenters. The Bertz CT molecular complexity index is 1100. The zero-order chi connectivity index (χ0) is 21.8. The van der Waals surface area contributed by atoms with Crippen molar-refractivity contribution in [3.05, 3.63) is 80.5 Å². The second-order valence-electron chi connectivity index (χ2n) is 6.46. The van der Waals surface area contributed by atoms with Crippen molar-refractivity contribution in [1.29, 1.82) is 0 Å². The van der Waals surface area contributed by atoms with Crippen molar-refractivity contribution in [2.45, 2.75) is 27.0 Å². The quantitative estimate of drug-likeness (QED) is 0.328. The highest BCUT2D eigenvalue weighted by Crippen LogP contribution is 2.22. The summed E-state index contributed by atoms with van der Waals surface area (Å²) in [5, 5.41) is 15.3. The SMILES string of the molecule is COC(=O)c1ccc(COC(=O)c2ccc(Cn3nc(C)c([N+](=O)[O-])c3C)cc2)o1. The number of aryl methyl sites for hydroxylation is 1. The van der Waals surface area contributed by atoms with Gasteiger partial charge in [-0.2, -0.15) is 5.10 Å². The number of furan rings is 1. The van der Waals surface area contributed by atoms with Crippen molar-refractivity contribution in [2.24, 2.45) is 0 Å². The van der Waals surface area contributed by atoms with Crippen LogP contribution in [-0.2, 0) is 22.6 Å². The maximum Gasteiger partial charge on any atom is 0.373 e. The van der Waals surface area contributed by atoms with E-state index in [1.165, 1.54) is 19.2 Å². The molecule has 3 aromatic rings. The Hall–Kier alpha value is -3.95. The third-order valence-corrected chi connectivity index (χ3v) is 4.44. The first kappa shape index (κ1) is 20.8. The number of carbonyl (C=O) groups is 2. The fourth-order valence-electron chi connectivity index (χ4n) is 2.91. The van der Waals surface area contributed by atoms with E-state index in [-0.39, 0.29) is 18.1 Å². The molecule has 1 aromatic carbocycles. The molecule has 10 nitrogen and oxygen atoms in total. The summed E-state index contributed by atoms with van der Waals surface area (Å²) in [7, 11) is 1.24. The number of benzene rings is 1. The molecule has 0 aliphatic carbocycles. The standard InChI is InChI=1S/C20H19N3O7/c1-12-18(23(26)27)13(2)22(21-12)10-14-4-6-15(7-5-14)19(24)29-11-16-8-9-17(30-16)20(25)28-3/h4-9H,10-11H2,1-3H3. The summed E-state index contributed by atoms with van der Waals surface area (Å²) >= 11 is 0. The van der Waals surface area contributed by atoms with Gasteiger partial charge in [-0.1, -0.05) is 12.1 Å². The van der Waals surface area contributed by atoms with E-state index in [9.17, 15) is 19.7 Å². The number of nitro groups is 1. The molecule has 2 aromatic heterocycles. The van der Waals surface area contributed by atoms with E-state index < -0.39 is 16.9 Å². The van der Waals surface area contributed by atoms with Gasteiger partial charge in [0.1, 0.15) is 23.8 Å². The lowest BCUT2D eigenvalue weighted by atomic mass is 10.1. The summed E-state index contributed by atoms with van der Waals surface area (Å²) in [6.07, 6.45) is 0. The average molecular weight is 413 g/mol. The van der Waals surface area contributed by atoms with Crippen LogP contribution in [0.3, 0.4) is 0 Å². The predicted molar refractivity (Wildman–Crippen MR) is 103 cm³/mol. The molecular weight excluding hydrogens is 394 g/mol. The average Bonchev–Trinajstić information content (AvgIpc) is 3.30. The molecule has 0 aliphatic heterocycles. The lowest BCUT2D eigenvalue weighted by Gasteiger charge is -2.06. The lowest BCUT2D eigenvalue weighted by molar-refractivity contribution is -0.386. The molecule has 0 spiro atoms. The summed E-state index contributed by atoms with van der Waals surface area (Å²) in [6.45, 7) is 3.43. The molecule has 0 N–H and O–H groups in total. The maximum absolute atomic E-state index is 12.2. The smallest absolute Gasteiger partial charge is 0.373 e. The first-order valence-corrected chi connectivity index (χ1v) is 8.91. The number of hydrogen-bond donors (Lipinski definition) is 0. The first-order valence-electron chi connectivity index (χ1n) is 8.91. The van der Waals surface area contributed by atoms with Crippen molar-refractivity contribution in [2.75, 3.05) is 7.11 Å². The van der Waals surface area contributed by atoms with Gasteiger partial charge in [0.05, 0.1) is 24.1 Å². The van der Waals surface area contributed by atoms with Crippen molar-refractivity contribution in [3.63, 3.8) is 0 Å². The van der Waals surface area contributed by atoms with Gasteiger partial charge < -0.3 is 13.9 Å². The van der Waals surface area contributed by atoms with Crippen LogP contribution in [0, 0.1) is 24.0 Å². The molecule has 156 valence electrons. The molecular formula is C20H19N3O7. The summed E-state index contributed by atoms with van der Waals surface area (Å²) in [4.78, 5) is 34.2. The van der Waals surface area contributed by atoms with E-state index in [1.807, 2.05) is 0 Å². The number of carbonyl (C=O) groups excluding carboxylic acids is 2. The Kier molecular flexibility index (Phi) is 5.95. The van der Waals surface area contributed by atoms with Gasteiger partial charge in [0, 0.05) is 0 Å². The van der Waals surface area contributed by atoms with Crippen LogP contribution in [0.25, 0.3) is 0 Å². The number of aromatic nitrogens is 2. The highest BCUT2D eigenvalue weighted by molar-refractivity contribution is 5.89. The predicted octanol–water partition coefficient (Wildman–Crippen LogP) is 3.19. The van der Waals surface area contributed by atoms with Crippen LogP contribution in [0.15, 0.2) is 40.8 Å². The summed E-state index contributed by atoms with van der Waals surface area (Å²) < 4.78 is 16.5. The number of ether oxygens (including phenoxy) is 2. The van der Waals surface area contributed by atoms with Gasteiger partial charge >= 0.3 is 17.6 Å². The van der Waals surface area contributed by atoms with E-state index in [2.05, 4.69) is 9.84 Å². The fourth-order valence-corrected chi connectivity index (χ4v) is 2.91. The highest BCUT2D eigenvalue weighted by Gasteiger charge is 2.21. The number of hydrogen-bond acceptors (Lipinski definition) is 8. The van der Waals surface area contributed by atoms with Gasteiger partial charge in [0.25, 0.3) is 0 Å². The molecule has 0 bridgehead atoms. The molecule has 0 unspecified atom stereocenters. The highest BCUT2D eigenvalue weighted by atomic mass is 16.6. The molecule has 0 saturated heterocycles. The second-order valence-corrected chi connectivity index (χ2v) is 6.46. The third-order valence-electron chi connectivity index (χ3n) is 4.44. The van der Waals surface area contributed by atoms with Crippen LogP contribution in [0.4, 0.5) is 5.69 Å². The number of methoxy groups -OCH3 is 1. The van der Waals surface area contributed by atoms with E-state index in [0.29, 0.717) is 29.3 Å². The fraction of sp³-hybridized carbons (Fsp3) is 0.250. The van der Waals surface area contributed by atoms with E-state index in [0.717, 1.165) is 5.56 Å². The molecule has 0 fully saturated rings. The van der Waals surface area contributed by atoms with Crippen LogP contribution in [0.5, 0.6) is 0 Å². The Morgan fingerprint density at radius 1 is 1.13 bits per heavy atom. The van der Waals surface area contributed by atoms with Gasteiger partial charge in [-0.25, -0.2) is 9.59 Å². The Labute approximate surface area is 171 Å². The van der Waals surface area contributed by atoms with Gasteiger partial charge in [0.15, 0.2) is 0 Å². The zero-order valence-electron chi connectivity index (χ0n) is 16.6. The molecule has 3 rings (SSSR count). The van der Waals surface area contributed by atoms with Crippen LogP contribution in [0.1, 0.15) is 43.6 Å². The first-order chi connectivity index (χ1) is 14.3. The van der Waals surface area contributed by atoms with Crippen LogP contribution < -0.4 is 0 Å². The van der Waals surface area contributed by atoms with Crippen LogP contribution in [0.2, 0.25) is 0 Å². The van der Waals surface area contributed by atoms with Crippen molar-refractivity contribution < 1.29 is 28.4 Å². The second kappa shape index (κ2) is 8.60. The number of esters is 2. The summed E-state index contributed by atoms with van der Waals surface area (Å²) in [5.41, 5.74) is 1.97. The topological polar surface area (TPSA) is 127 Å². The molecule has 0 amide bonds. The van der Waals surface area contributed by atoms with Crippen LogP contribution >= 0.6 is 0 Å².